The number of benzene rings is 5. The highest BCUT2D eigenvalue weighted by Crippen LogP contribution is 2.74. The molecule has 0 N–H and O–H groups in total. The van der Waals surface area contributed by atoms with E-state index in [-0.39, 0.29) is 11.6 Å². The van der Waals surface area contributed by atoms with Crippen molar-refractivity contribution >= 4 is 40.2 Å². The first-order chi connectivity index (χ1) is 24.3. The molecule has 7 heteroatoms. The van der Waals surface area contributed by atoms with Crippen molar-refractivity contribution in [1.29, 1.82) is 0 Å². The highest BCUT2D eigenvalue weighted by Gasteiger charge is 2.82. The molecule has 5 aromatic carbocycles. The molecule has 2 amide bonds. The average molecular weight is 660 g/mol. The van der Waals surface area contributed by atoms with Crippen LogP contribution in [0.1, 0.15) is 39.5 Å². The van der Waals surface area contributed by atoms with Gasteiger partial charge in [0.25, 0.3) is 0 Å². The van der Waals surface area contributed by atoms with E-state index in [1.165, 1.54) is 11.8 Å². The number of imide groups is 1. The van der Waals surface area contributed by atoms with Crippen LogP contribution >= 0.6 is 0 Å². The Morgan fingerprint density at radius 1 is 0.580 bits per heavy atom. The predicted molar refractivity (Wildman–Crippen MR) is 190 cm³/mol. The van der Waals surface area contributed by atoms with Crippen LogP contribution in [0, 0.1) is 11.8 Å². The van der Waals surface area contributed by atoms with Gasteiger partial charge in [0, 0.05) is 5.56 Å². The second-order valence-electron chi connectivity index (χ2n) is 13.0. The predicted octanol–water partition coefficient (Wildman–Crippen LogP) is 7.10. The number of allylic oxidation sites excluding steroid dienone is 2. The summed E-state index contributed by atoms with van der Waals surface area (Å²) >= 11 is 0. The van der Waals surface area contributed by atoms with Gasteiger partial charge in [-0.1, -0.05) is 97.1 Å². The van der Waals surface area contributed by atoms with Crippen LogP contribution in [0.25, 0.3) is 11.1 Å². The summed E-state index contributed by atoms with van der Waals surface area (Å²) in [7, 11) is 3.19. The molecular formula is C43H33NO6. The average Bonchev–Trinajstić information content (AvgIpc) is 3.67. The second kappa shape index (κ2) is 11.5. The number of nitrogens with zero attached hydrogens (tertiary/aromatic N) is 1. The van der Waals surface area contributed by atoms with Crippen LogP contribution in [0.4, 0.5) is 5.69 Å². The van der Waals surface area contributed by atoms with Crippen LogP contribution in [0.5, 0.6) is 11.5 Å². The molecule has 4 atom stereocenters. The van der Waals surface area contributed by atoms with Gasteiger partial charge in [-0.15, -0.1) is 0 Å². The molecule has 0 unspecified atom stereocenters. The first-order valence-electron chi connectivity index (χ1n) is 16.5. The first kappa shape index (κ1) is 31.2. The number of ketones is 2. The SMILES string of the molecule is COc1ccc(C2=C(c3ccc(OC)cc3)[C@]3(c4ccccc4)C(=O)[C@]2(c2ccccc2)[C@@H]2C(=O)N(c4cccc(C(C)=O)c4)C(=O)[C@@H]23)cc1. The van der Waals surface area contributed by atoms with Gasteiger partial charge >= 0.3 is 0 Å². The molecule has 7 nitrogen and oxygen atoms in total. The fourth-order valence-corrected chi connectivity index (χ4v) is 8.76. The summed E-state index contributed by atoms with van der Waals surface area (Å²) in [5.41, 5.74) is 1.67. The molecule has 50 heavy (non-hydrogen) atoms. The van der Waals surface area contributed by atoms with Crippen molar-refractivity contribution in [3.05, 3.63) is 161 Å². The van der Waals surface area contributed by atoms with Gasteiger partial charge in [-0.3, -0.25) is 19.2 Å². The Bertz CT molecular complexity index is 2100. The number of carbonyl (C=O) groups excluding carboxylic acids is 4. The second-order valence-corrected chi connectivity index (χ2v) is 13.0. The van der Waals surface area contributed by atoms with E-state index >= 15 is 14.4 Å². The topological polar surface area (TPSA) is 90.0 Å². The van der Waals surface area contributed by atoms with Crippen LogP contribution < -0.4 is 14.4 Å². The number of amides is 2. The van der Waals surface area contributed by atoms with Gasteiger partial charge in [0.2, 0.25) is 11.8 Å². The Balaban J connectivity index is 1.53. The van der Waals surface area contributed by atoms with Crippen molar-refractivity contribution in [2.24, 2.45) is 11.8 Å². The summed E-state index contributed by atoms with van der Waals surface area (Å²) in [6.45, 7) is 1.45. The van der Waals surface area contributed by atoms with E-state index in [0.717, 1.165) is 11.1 Å². The lowest BCUT2D eigenvalue weighted by atomic mass is 9.59. The largest absolute Gasteiger partial charge is 0.497 e. The monoisotopic (exact) mass is 659 g/mol. The van der Waals surface area contributed by atoms with E-state index in [9.17, 15) is 4.79 Å². The molecule has 2 bridgehead atoms. The van der Waals surface area contributed by atoms with Crippen LogP contribution in [-0.4, -0.2) is 37.6 Å². The maximum Gasteiger partial charge on any atom is 0.239 e. The zero-order chi connectivity index (χ0) is 34.8. The molecule has 2 fully saturated rings. The van der Waals surface area contributed by atoms with Crippen molar-refractivity contribution in [1.82, 2.24) is 0 Å². The molecular weight excluding hydrogens is 626 g/mol. The molecule has 1 saturated heterocycles. The zero-order valence-corrected chi connectivity index (χ0v) is 27.8. The minimum absolute atomic E-state index is 0.187. The van der Waals surface area contributed by atoms with Gasteiger partial charge in [0.05, 0.1) is 42.6 Å². The molecule has 0 aromatic heterocycles. The van der Waals surface area contributed by atoms with Crippen LogP contribution in [-0.2, 0) is 25.2 Å². The summed E-state index contributed by atoms with van der Waals surface area (Å²) in [6.07, 6.45) is 0. The van der Waals surface area contributed by atoms with E-state index in [2.05, 4.69) is 0 Å². The molecule has 0 radical (unpaired) electrons. The van der Waals surface area contributed by atoms with Gasteiger partial charge in [0.1, 0.15) is 11.5 Å². The summed E-state index contributed by atoms with van der Waals surface area (Å²) in [5, 5.41) is 0. The molecule has 0 spiro atoms. The lowest BCUT2D eigenvalue weighted by Gasteiger charge is -2.39. The van der Waals surface area contributed by atoms with Crippen molar-refractivity contribution in [2.45, 2.75) is 17.8 Å². The minimum Gasteiger partial charge on any atom is -0.497 e. The molecule has 8 rings (SSSR count). The first-order valence-corrected chi connectivity index (χ1v) is 16.5. The molecule has 1 aliphatic heterocycles. The molecule has 5 aromatic rings. The Labute approximate surface area is 289 Å². The van der Waals surface area contributed by atoms with E-state index in [4.69, 9.17) is 9.47 Å². The van der Waals surface area contributed by atoms with Gasteiger partial charge in [-0.05, 0) is 76.7 Å². The number of ether oxygens (including phenoxy) is 2. The fourth-order valence-electron chi connectivity index (χ4n) is 8.76. The number of carbonyl (C=O) groups is 4. The molecule has 246 valence electrons. The Kier molecular flexibility index (Phi) is 7.19. The van der Waals surface area contributed by atoms with Crippen molar-refractivity contribution in [2.75, 3.05) is 19.1 Å². The fraction of sp³-hybridized carbons (Fsp3) is 0.163. The van der Waals surface area contributed by atoms with Crippen LogP contribution in [0.15, 0.2) is 133 Å². The summed E-state index contributed by atoms with van der Waals surface area (Å²) in [5.74, 6) is -2.23. The number of Topliss-reactive ketones (excluding diaryl/α,β-unsaturated/α-hetero) is 2. The third-order valence-corrected chi connectivity index (χ3v) is 10.7. The van der Waals surface area contributed by atoms with Gasteiger partial charge in [-0.2, -0.15) is 0 Å². The lowest BCUT2D eigenvalue weighted by Crippen LogP contribution is -2.45. The zero-order valence-electron chi connectivity index (χ0n) is 27.8. The molecule has 1 saturated carbocycles. The number of methoxy groups -OCH3 is 2. The lowest BCUT2D eigenvalue weighted by molar-refractivity contribution is -0.130. The number of hydrogen-bond donors (Lipinski definition) is 0. The number of fused-ring (bicyclic) bond motifs is 5. The van der Waals surface area contributed by atoms with Crippen molar-refractivity contribution < 1.29 is 28.7 Å². The van der Waals surface area contributed by atoms with E-state index in [1.807, 2.05) is 109 Å². The van der Waals surface area contributed by atoms with Gasteiger partial charge in [-0.25, -0.2) is 4.90 Å². The van der Waals surface area contributed by atoms with Crippen LogP contribution in [0.3, 0.4) is 0 Å². The number of hydrogen-bond acceptors (Lipinski definition) is 6. The normalized spacial score (nSPS) is 23.7. The Hall–Kier alpha value is -6.08. The highest BCUT2D eigenvalue weighted by atomic mass is 16.5. The smallest absolute Gasteiger partial charge is 0.239 e. The van der Waals surface area contributed by atoms with Crippen molar-refractivity contribution in [3.8, 4) is 11.5 Å². The summed E-state index contributed by atoms with van der Waals surface area (Å²) in [6, 6.07) is 40.3. The third-order valence-electron chi connectivity index (χ3n) is 10.7. The van der Waals surface area contributed by atoms with Crippen LogP contribution in [0.2, 0.25) is 0 Å². The van der Waals surface area contributed by atoms with Gasteiger partial charge in [0.15, 0.2) is 11.6 Å². The Morgan fingerprint density at radius 2 is 1.02 bits per heavy atom. The summed E-state index contributed by atoms with van der Waals surface area (Å²) in [4.78, 5) is 60.1. The minimum atomic E-state index is -1.55. The Morgan fingerprint density at radius 3 is 1.42 bits per heavy atom. The highest BCUT2D eigenvalue weighted by molar-refractivity contribution is 6.39. The summed E-state index contributed by atoms with van der Waals surface area (Å²) < 4.78 is 11.0. The quantitative estimate of drug-likeness (QED) is 0.131. The number of anilines is 1. The van der Waals surface area contributed by atoms with E-state index in [0.29, 0.717) is 45.0 Å². The molecule has 1 heterocycles. The molecule has 2 aliphatic carbocycles. The van der Waals surface area contributed by atoms with E-state index < -0.39 is 34.5 Å². The van der Waals surface area contributed by atoms with Gasteiger partial charge < -0.3 is 9.47 Å². The maximum atomic E-state index is 16.1. The van der Waals surface area contributed by atoms with E-state index in [1.54, 1.807) is 38.5 Å². The maximum absolute atomic E-state index is 16.1. The third kappa shape index (κ3) is 4.03. The molecule has 3 aliphatic rings. The standard InChI is InChI=1S/C43H33NO6/c1-26(45)29-11-10-16-32(25-29)44-39(46)37-38(40(44)47)43(31-14-8-5-9-15-31)36(28-19-23-34(50-3)24-20-28)35(27-17-21-33(49-2)22-18-27)42(37,41(43)48)30-12-6-4-7-13-30/h4-25,37-38H,1-3H3/t37-,38+,42-,43-/m0/s1. The number of rotatable bonds is 8. The van der Waals surface area contributed by atoms with Crippen molar-refractivity contribution in [3.63, 3.8) is 0 Å².